The van der Waals surface area contributed by atoms with Crippen molar-refractivity contribution in [3.05, 3.63) is 0 Å². The Kier molecular flexibility index (Phi) is 5.03. The highest BCUT2D eigenvalue weighted by molar-refractivity contribution is 5.88. The number of amides is 3. The molecular formula is C14H23N3O4. The van der Waals surface area contributed by atoms with Crippen molar-refractivity contribution in [1.82, 2.24) is 15.1 Å². The number of carboxylic acids is 1. The van der Waals surface area contributed by atoms with Gasteiger partial charge in [-0.1, -0.05) is 6.92 Å². The molecule has 2 N–H and O–H groups in total. The van der Waals surface area contributed by atoms with Crippen LogP contribution in [0.4, 0.5) is 4.79 Å². The predicted molar refractivity (Wildman–Crippen MR) is 75.7 cm³/mol. The zero-order valence-corrected chi connectivity index (χ0v) is 12.4. The van der Waals surface area contributed by atoms with Crippen molar-refractivity contribution < 1.29 is 19.5 Å². The molecule has 2 fully saturated rings. The summed E-state index contributed by atoms with van der Waals surface area (Å²) in [5.74, 6) is -0.624. The van der Waals surface area contributed by atoms with E-state index in [1.54, 1.807) is 9.80 Å². The van der Waals surface area contributed by atoms with E-state index in [0.717, 1.165) is 6.42 Å². The van der Waals surface area contributed by atoms with Crippen LogP contribution in [0.1, 0.15) is 32.6 Å². The third kappa shape index (κ3) is 3.65. The Morgan fingerprint density at radius 3 is 2.81 bits per heavy atom. The number of hydrogen-bond donors (Lipinski definition) is 2. The van der Waals surface area contributed by atoms with Gasteiger partial charge in [0, 0.05) is 32.6 Å². The molecule has 3 amide bonds. The zero-order chi connectivity index (χ0) is 15.4. The largest absolute Gasteiger partial charge is 0.481 e. The molecule has 0 aromatic carbocycles. The lowest BCUT2D eigenvalue weighted by Gasteiger charge is -2.37. The SMILES string of the molecule is CCC1C(=O)NCCN1C(=O)N1CCC(CCC(=O)O)C1. The Morgan fingerprint density at radius 2 is 2.14 bits per heavy atom. The van der Waals surface area contributed by atoms with Gasteiger partial charge in [0.05, 0.1) is 0 Å². The Labute approximate surface area is 124 Å². The molecule has 2 rings (SSSR count). The third-order valence-corrected chi connectivity index (χ3v) is 4.29. The number of nitrogens with zero attached hydrogens (tertiary/aromatic N) is 2. The molecule has 7 heteroatoms. The van der Waals surface area contributed by atoms with Crippen LogP contribution >= 0.6 is 0 Å². The topological polar surface area (TPSA) is 90.0 Å². The van der Waals surface area contributed by atoms with E-state index < -0.39 is 5.97 Å². The fourth-order valence-electron chi connectivity index (χ4n) is 3.10. The van der Waals surface area contributed by atoms with Gasteiger partial charge >= 0.3 is 12.0 Å². The molecular weight excluding hydrogens is 274 g/mol. The summed E-state index contributed by atoms with van der Waals surface area (Å²) >= 11 is 0. The van der Waals surface area contributed by atoms with E-state index in [9.17, 15) is 14.4 Å². The second-order valence-electron chi connectivity index (χ2n) is 5.72. The summed E-state index contributed by atoms with van der Waals surface area (Å²) in [6, 6.07) is -0.473. The molecule has 0 aliphatic carbocycles. The van der Waals surface area contributed by atoms with Crippen molar-refractivity contribution >= 4 is 17.9 Å². The van der Waals surface area contributed by atoms with Crippen LogP contribution in [0.5, 0.6) is 0 Å². The number of carbonyl (C=O) groups is 3. The fourth-order valence-corrected chi connectivity index (χ4v) is 3.10. The summed E-state index contributed by atoms with van der Waals surface area (Å²) in [5.41, 5.74) is 0. The summed E-state index contributed by atoms with van der Waals surface area (Å²) in [5, 5.41) is 11.5. The van der Waals surface area contributed by atoms with Crippen LogP contribution < -0.4 is 5.32 Å². The van der Waals surface area contributed by atoms with Gasteiger partial charge in [0.25, 0.3) is 0 Å². The first-order valence-electron chi connectivity index (χ1n) is 7.58. The van der Waals surface area contributed by atoms with Crippen molar-refractivity contribution in [1.29, 1.82) is 0 Å². The number of piperazine rings is 1. The number of hydrogen-bond acceptors (Lipinski definition) is 3. The maximum absolute atomic E-state index is 12.6. The molecule has 2 unspecified atom stereocenters. The van der Waals surface area contributed by atoms with Crippen molar-refractivity contribution in [2.24, 2.45) is 5.92 Å². The number of nitrogens with one attached hydrogen (secondary N) is 1. The monoisotopic (exact) mass is 297 g/mol. The third-order valence-electron chi connectivity index (χ3n) is 4.29. The average Bonchev–Trinajstić information content (AvgIpc) is 2.93. The number of carbonyl (C=O) groups excluding carboxylic acids is 2. The van der Waals surface area contributed by atoms with Gasteiger partial charge < -0.3 is 20.2 Å². The van der Waals surface area contributed by atoms with Crippen LogP contribution in [0.15, 0.2) is 0 Å². The second-order valence-corrected chi connectivity index (χ2v) is 5.72. The first kappa shape index (κ1) is 15.6. The first-order chi connectivity index (χ1) is 10.0. The summed E-state index contributed by atoms with van der Waals surface area (Å²) in [6.45, 7) is 4.19. The number of carboxylic acid groups (broad SMARTS) is 1. The van der Waals surface area contributed by atoms with Gasteiger partial charge in [-0.05, 0) is 25.2 Å². The van der Waals surface area contributed by atoms with E-state index in [2.05, 4.69) is 5.32 Å². The molecule has 0 spiro atoms. The van der Waals surface area contributed by atoms with Crippen LogP contribution in [-0.4, -0.2) is 65.0 Å². The highest BCUT2D eigenvalue weighted by atomic mass is 16.4. The Hall–Kier alpha value is -1.79. The van der Waals surface area contributed by atoms with Crippen LogP contribution in [0.2, 0.25) is 0 Å². The van der Waals surface area contributed by atoms with Gasteiger partial charge in [0.1, 0.15) is 6.04 Å². The van der Waals surface area contributed by atoms with Gasteiger partial charge in [0.2, 0.25) is 5.91 Å². The van der Waals surface area contributed by atoms with Crippen LogP contribution in [0.25, 0.3) is 0 Å². The minimum absolute atomic E-state index is 0.0845. The van der Waals surface area contributed by atoms with Crippen molar-refractivity contribution in [2.45, 2.75) is 38.6 Å². The molecule has 2 saturated heterocycles. The molecule has 0 bridgehead atoms. The predicted octanol–water partition coefficient (Wildman–Crippen LogP) is 0.504. The summed E-state index contributed by atoms with van der Waals surface area (Å²) in [4.78, 5) is 38.4. The molecule has 0 saturated carbocycles. The molecule has 118 valence electrons. The van der Waals surface area contributed by atoms with Gasteiger partial charge in [-0.3, -0.25) is 9.59 Å². The molecule has 0 aromatic rings. The van der Waals surface area contributed by atoms with Crippen LogP contribution in [0.3, 0.4) is 0 Å². The highest BCUT2D eigenvalue weighted by Gasteiger charge is 2.36. The zero-order valence-electron chi connectivity index (χ0n) is 12.4. The molecule has 2 atom stereocenters. The molecule has 2 aliphatic heterocycles. The van der Waals surface area contributed by atoms with E-state index in [4.69, 9.17) is 5.11 Å². The van der Waals surface area contributed by atoms with E-state index in [1.165, 1.54) is 0 Å². The van der Waals surface area contributed by atoms with Gasteiger partial charge in [-0.25, -0.2) is 4.79 Å². The number of aliphatic carboxylic acids is 1. The molecule has 2 aliphatic rings. The quantitative estimate of drug-likeness (QED) is 0.791. The molecule has 7 nitrogen and oxygen atoms in total. The molecule has 2 heterocycles. The van der Waals surface area contributed by atoms with Gasteiger partial charge in [-0.2, -0.15) is 0 Å². The number of rotatable bonds is 4. The Balaban J connectivity index is 1.91. The standard InChI is InChI=1S/C14H23N3O4/c1-2-11-13(20)15-6-8-17(11)14(21)16-7-5-10(9-16)3-4-12(18)19/h10-11H,2-9H2,1H3,(H,15,20)(H,18,19). The summed E-state index contributed by atoms with van der Waals surface area (Å²) in [6.07, 6.45) is 2.21. The lowest BCUT2D eigenvalue weighted by molar-refractivity contribution is -0.137. The van der Waals surface area contributed by atoms with Crippen LogP contribution in [0, 0.1) is 5.92 Å². The minimum atomic E-state index is -0.793. The lowest BCUT2D eigenvalue weighted by Crippen LogP contribution is -2.59. The van der Waals surface area contributed by atoms with Crippen molar-refractivity contribution in [3.63, 3.8) is 0 Å². The Morgan fingerprint density at radius 1 is 1.38 bits per heavy atom. The van der Waals surface area contributed by atoms with E-state index >= 15 is 0 Å². The molecule has 21 heavy (non-hydrogen) atoms. The summed E-state index contributed by atoms with van der Waals surface area (Å²) in [7, 11) is 0. The van der Waals surface area contributed by atoms with E-state index in [0.29, 0.717) is 39.0 Å². The normalized spacial score (nSPS) is 25.9. The number of urea groups is 1. The smallest absolute Gasteiger partial charge is 0.320 e. The second kappa shape index (κ2) is 6.78. The lowest BCUT2D eigenvalue weighted by atomic mass is 10.0. The maximum atomic E-state index is 12.6. The highest BCUT2D eigenvalue weighted by Crippen LogP contribution is 2.23. The van der Waals surface area contributed by atoms with Gasteiger partial charge in [0.15, 0.2) is 0 Å². The molecule has 0 radical (unpaired) electrons. The summed E-state index contributed by atoms with van der Waals surface area (Å²) < 4.78 is 0. The van der Waals surface area contributed by atoms with E-state index in [-0.39, 0.29) is 30.3 Å². The average molecular weight is 297 g/mol. The fraction of sp³-hybridized carbons (Fsp3) is 0.786. The minimum Gasteiger partial charge on any atom is -0.481 e. The van der Waals surface area contributed by atoms with Crippen LogP contribution in [-0.2, 0) is 9.59 Å². The van der Waals surface area contributed by atoms with E-state index in [1.807, 2.05) is 6.92 Å². The van der Waals surface area contributed by atoms with Crippen molar-refractivity contribution in [3.8, 4) is 0 Å². The number of likely N-dealkylation sites (tertiary alicyclic amines) is 1. The van der Waals surface area contributed by atoms with Crippen molar-refractivity contribution in [2.75, 3.05) is 26.2 Å². The molecule has 0 aromatic heterocycles. The maximum Gasteiger partial charge on any atom is 0.320 e. The first-order valence-corrected chi connectivity index (χ1v) is 7.58. The van der Waals surface area contributed by atoms with Gasteiger partial charge in [-0.15, -0.1) is 0 Å². The Bertz CT molecular complexity index is 426.